The molecule has 12 heteroatoms. The van der Waals surface area contributed by atoms with Gasteiger partial charge in [0.05, 0.1) is 20.1 Å². The molecule has 5 aliphatic rings. The van der Waals surface area contributed by atoms with Crippen LogP contribution in [0.15, 0.2) is 20.1 Å². The lowest BCUT2D eigenvalue weighted by atomic mass is 9.74. The lowest BCUT2D eigenvalue weighted by Crippen LogP contribution is -2.51. The van der Waals surface area contributed by atoms with Crippen molar-refractivity contribution < 1.29 is 0 Å². The predicted molar refractivity (Wildman–Crippen MR) is 119 cm³/mol. The van der Waals surface area contributed by atoms with Crippen LogP contribution in [0.3, 0.4) is 0 Å². The molecule has 150 valence electrons. The van der Waals surface area contributed by atoms with Crippen molar-refractivity contribution >= 4 is 139 Å². The van der Waals surface area contributed by atoms with E-state index in [9.17, 15) is 0 Å². The van der Waals surface area contributed by atoms with Gasteiger partial charge in [0.15, 0.2) is 8.67 Å². The highest BCUT2D eigenvalue weighted by Crippen LogP contribution is 2.88. The molecule has 0 aromatic rings. The van der Waals surface area contributed by atoms with Crippen molar-refractivity contribution in [2.75, 3.05) is 0 Å². The maximum atomic E-state index is 7.01. The summed E-state index contributed by atoms with van der Waals surface area (Å²) in [5, 5.41) is 0.417. The first kappa shape index (κ1) is 21.8. The van der Waals surface area contributed by atoms with Crippen molar-refractivity contribution in [3.8, 4) is 0 Å². The zero-order chi connectivity index (χ0) is 20.3. The topological polar surface area (TPSA) is 0 Å². The van der Waals surface area contributed by atoms with E-state index in [1.807, 2.05) is 0 Å². The molecule has 3 saturated carbocycles. The Balaban J connectivity index is 1.80. The van der Waals surface area contributed by atoms with Crippen molar-refractivity contribution in [3.05, 3.63) is 20.1 Å². The van der Waals surface area contributed by atoms with Gasteiger partial charge in [0.1, 0.15) is 19.5 Å². The average Bonchev–Trinajstić information content (AvgIpc) is 3.16. The minimum absolute atomic E-state index is 0.0836. The molecule has 3 fully saturated rings. The number of alkyl halides is 8. The van der Waals surface area contributed by atoms with E-state index in [0.29, 0.717) is 6.42 Å². The molecule has 27 heavy (non-hydrogen) atoms. The molecular weight excluding hydrogens is 606 g/mol. The van der Waals surface area contributed by atoms with Gasteiger partial charge >= 0.3 is 0 Å². The zero-order valence-electron chi connectivity index (χ0n) is 12.6. The van der Waals surface area contributed by atoms with Crippen LogP contribution < -0.4 is 0 Å². The van der Waals surface area contributed by atoms with Crippen molar-refractivity contribution in [1.29, 1.82) is 0 Å². The van der Waals surface area contributed by atoms with Gasteiger partial charge in [-0.3, -0.25) is 0 Å². The molecule has 0 aliphatic heterocycles. The van der Waals surface area contributed by atoms with E-state index in [0.717, 1.165) is 0 Å². The average molecular weight is 612 g/mol. The van der Waals surface area contributed by atoms with Crippen LogP contribution >= 0.6 is 139 Å². The van der Waals surface area contributed by atoms with Gasteiger partial charge in [0.25, 0.3) is 0 Å². The third-order valence-electron chi connectivity index (χ3n) is 7.19. The highest BCUT2D eigenvalue weighted by molar-refractivity contribution is 6.67. The van der Waals surface area contributed by atoms with Crippen LogP contribution in [0.1, 0.15) is 6.42 Å². The predicted octanol–water partition coefficient (Wildman–Crippen LogP) is 8.55. The summed E-state index contributed by atoms with van der Waals surface area (Å²) in [6.45, 7) is 0. The van der Waals surface area contributed by atoms with E-state index in [2.05, 4.69) is 0 Å². The second kappa shape index (κ2) is 5.53. The standard InChI is InChI=1S/C15H6Cl12/c16-6-8(18)12(22)4-2(10(6,20)14(12,24)25)1-3-5(4)13(23)9(19)7(17)11(3,21)15(13,26)27/h2-5H,1H2/t2-,3+,4-,5-,10+,11-,12-,13-/m0/s1. The zero-order valence-corrected chi connectivity index (χ0v) is 21.6. The monoisotopic (exact) mass is 606 g/mol. The quantitative estimate of drug-likeness (QED) is 0.241. The molecule has 0 saturated heterocycles. The molecular formula is C15H6Cl12. The van der Waals surface area contributed by atoms with E-state index >= 15 is 0 Å². The van der Waals surface area contributed by atoms with Gasteiger partial charge in [-0.2, -0.15) is 0 Å². The van der Waals surface area contributed by atoms with Crippen molar-refractivity contribution in [2.45, 2.75) is 34.6 Å². The highest BCUT2D eigenvalue weighted by atomic mass is 35.5. The molecule has 8 atom stereocenters. The van der Waals surface area contributed by atoms with Gasteiger partial charge in [-0.15, -0.1) is 46.4 Å². The van der Waals surface area contributed by atoms with Gasteiger partial charge in [0, 0.05) is 0 Å². The third kappa shape index (κ3) is 1.71. The number of hydrogen-bond donors (Lipinski definition) is 0. The van der Waals surface area contributed by atoms with Crippen molar-refractivity contribution in [3.63, 3.8) is 0 Å². The Bertz CT molecular complexity index is 806. The summed E-state index contributed by atoms with van der Waals surface area (Å²) in [5.74, 6) is -1.82. The van der Waals surface area contributed by atoms with E-state index in [1.54, 1.807) is 0 Å². The molecule has 0 spiro atoms. The summed E-state index contributed by atoms with van der Waals surface area (Å²) in [6.07, 6.45) is 0.397. The second-order valence-corrected chi connectivity index (χ2v) is 14.3. The minimum Gasteiger partial charge on any atom is -0.109 e. The molecule has 0 N–H and O–H groups in total. The van der Waals surface area contributed by atoms with Crippen LogP contribution in [0.25, 0.3) is 0 Å². The second-order valence-electron chi connectivity index (χ2n) is 7.75. The number of fused-ring (bicyclic) bond motifs is 11. The largest absolute Gasteiger partial charge is 0.166 e. The maximum absolute atomic E-state index is 7.01. The molecule has 0 aromatic carbocycles. The summed E-state index contributed by atoms with van der Waals surface area (Å²) in [6, 6.07) is 0. The Labute approximate surface area is 215 Å². The summed E-state index contributed by atoms with van der Waals surface area (Å²) in [7, 11) is 0. The molecule has 0 amide bonds. The van der Waals surface area contributed by atoms with Crippen molar-refractivity contribution in [2.24, 2.45) is 23.7 Å². The van der Waals surface area contributed by atoms with Gasteiger partial charge in [0.2, 0.25) is 0 Å². The Morgan fingerprint density at radius 3 is 1.04 bits per heavy atom. The van der Waals surface area contributed by atoms with Gasteiger partial charge in [-0.1, -0.05) is 92.8 Å². The fourth-order valence-electron chi connectivity index (χ4n) is 6.16. The van der Waals surface area contributed by atoms with E-state index in [4.69, 9.17) is 139 Å². The molecule has 0 aromatic heterocycles. The van der Waals surface area contributed by atoms with Crippen LogP contribution in [0.2, 0.25) is 0 Å². The molecule has 0 unspecified atom stereocenters. The number of rotatable bonds is 0. The highest BCUT2D eigenvalue weighted by Gasteiger charge is 2.92. The summed E-state index contributed by atoms with van der Waals surface area (Å²) >= 11 is 80.6. The maximum Gasteiger partial charge on any atom is 0.166 e. The van der Waals surface area contributed by atoms with E-state index in [-0.39, 0.29) is 32.0 Å². The number of hydrogen-bond acceptors (Lipinski definition) is 0. The number of allylic oxidation sites excluding steroid dienone is 4. The molecule has 5 rings (SSSR count). The first-order valence-electron chi connectivity index (χ1n) is 7.74. The molecule has 5 aliphatic carbocycles. The Hall–Kier alpha value is 2.96. The van der Waals surface area contributed by atoms with Crippen LogP contribution in [0, 0.1) is 23.7 Å². The van der Waals surface area contributed by atoms with Gasteiger partial charge < -0.3 is 0 Å². The van der Waals surface area contributed by atoms with Crippen LogP contribution in [0.5, 0.6) is 0 Å². The van der Waals surface area contributed by atoms with Gasteiger partial charge in [-0.05, 0) is 30.1 Å². The molecule has 0 nitrogen and oxygen atoms in total. The third-order valence-corrected chi connectivity index (χ3v) is 15.8. The Morgan fingerprint density at radius 1 is 0.481 bits per heavy atom. The van der Waals surface area contributed by atoms with E-state index < -0.39 is 40.0 Å². The van der Waals surface area contributed by atoms with Gasteiger partial charge in [-0.25, -0.2) is 0 Å². The summed E-state index contributed by atoms with van der Waals surface area (Å²) in [4.78, 5) is -5.83. The normalized spacial score (nSPS) is 59.1. The first-order chi connectivity index (χ1) is 12.1. The fraction of sp³-hybridized carbons (Fsp3) is 0.733. The fourth-order valence-corrected chi connectivity index (χ4v) is 12.4. The SMILES string of the molecule is ClC1=C(Cl)[C@@]2(Cl)[C@@H]3C[C@H]4[C@@H]([C@H]3[C@@]1(Cl)C2(Cl)Cl)[C@]1(Cl)C(Cl)=C(Cl)[C@@]4(Cl)C1(Cl)Cl. The summed E-state index contributed by atoms with van der Waals surface area (Å²) in [5.41, 5.74) is 0. The van der Waals surface area contributed by atoms with Crippen LogP contribution in [-0.4, -0.2) is 28.2 Å². The molecule has 0 radical (unpaired) electrons. The smallest absolute Gasteiger partial charge is 0.109 e. The summed E-state index contributed by atoms with van der Waals surface area (Å²) < 4.78 is -3.37. The van der Waals surface area contributed by atoms with E-state index in [1.165, 1.54) is 0 Å². The lowest BCUT2D eigenvalue weighted by molar-refractivity contribution is 0.258. The van der Waals surface area contributed by atoms with Crippen LogP contribution in [0.4, 0.5) is 0 Å². The lowest BCUT2D eigenvalue weighted by Gasteiger charge is -2.43. The number of halogens is 12. The Morgan fingerprint density at radius 2 is 0.741 bits per heavy atom. The molecule has 0 heterocycles. The Kier molecular flexibility index (Phi) is 4.47. The minimum atomic E-state index is -1.69. The van der Waals surface area contributed by atoms with Crippen molar-refractivity contribution in [1.82, 2.24) is 0 Å². The van der Waals surface area contributed by atoms with Crippen LogP contribution in [-0.2, 0) is 0 Å². The molecule has 4 bridgehead atoms. The first-order valence-corrected chi connectivity index (χ1v) is 12.3.